The minimum Gasteiger partial charge on any atom is -0.490 e. The molecule has 8 heteroatoms. The number of urea groups is 1. The Labute approximate surface area is 150 Å². The van der Waals surface area contributed by atoms with Gasteiger partial charge in [-0.05, 0) is 25.5 Å². The van der Waals surface area contributed by atoms with Crippen molar-refractivity contribution in [1.29, 1.82) is 0 Å². The zero-order valence-electron chi connectivity index (χ0n) is 14.6. The molecule has 2 aliphatic heterocycles. The Bertz CT molecular complexity index is 718. The first-order valence-corrected chi connectivity index (χ1v) is 8.69. The topological polar surface area (TPSA) is 87.7 Å². The summed E-state index contributed by atoms with van der Waals surface area (Å²) in [5, 5.41) is 4.74. The van der Waals surface area contributed by atoms with E-state index < -0.39 is 17.5 Å². The van der Waals surface area contributed by atoms with Gasteiger partial charge in [-0.1, -0.05) is 6.07 Å². The standard InChI is InChI=1S/C18H22FN3O4/c1-18(16(24)20-17(25)21-18)8-5-15(23)22-9-6-13(7-10-22)26-14-4-2-3-12(19)11-14/h2-4,11,13H,5-10H2,1H3,(H2,20,21,24,25). The lowest BCUT2D eigenvalue weighted by Gasteiger charge is -2.33. The predicted molar refractivity (Wildman–Crippen MR) is 90.9 cm³/mol. The number of carbonyl (C=O) groups excluding carboxylic acids is 3. The molecule has 1 atom stereocenters. The van der Waals surface area contributed by atoms with Crippen LogP contribution >= 0.6 is 0 Å². The number of carbonyl (C=O) groups is 3. The molecule has 0 saturated carbocycles. The third-order valence-electron chi connectivity index (χ3n) is 4.85. The maximum atomic E-state index is 13.2. The second-order valence-electron chi connectivity index (χ2n) is 6.90. The van der Waals surface area contributed by atoms with E-state index in [0.29, 0.717) is 31.7 Å². The number of hydrogen-bond acceptors (Lipinski definition) is 4. The molecule has 2 fully saturated rings. The van der Waals surface area contributed by atoms with Gasteiger partial charge >= 0.3 is 6.03 Å². The van der Waals surface area contributed by atoms with Crippen LogP contribution in [0.4, 0.5) is 9.18 Å². The molecule has 4 amide bonds. The van der Waals surface area contributed by atoms with Gasteiger partial charge in [0.05, 0.1) is 0 Å². The van der Waals surface area contributed by atoms with Gasteiger partial charge in [0.15, 0.2) is 0 Å². The van der Waals surface area contributed by atoms with Gasteiger partial charge in [-0.15, -0.1) is 0 Å². The molecule has 1 aromatic carbocycles. The molecule has 2 saturated heterocycles. The molecule has 0 aromatic heterocycles. The molecule has 0 aliphatic carbocycles. The highest BCUT2D eigenvalue weighted by atomic mass is 19.1. The van der Waals surface area contributed by atoms with Crippen LogP contribution in [0.5, 0.6) is 5.75 Å². The van der Waals surface area contributed by atoms with Gasteiger partial charge in [-0.25, -0.2) is 9.18 Å². The Balaban J connectivity index is 1.45. The van der Waals surface area contributed by atoms with E-state index in [9.17, 15) is 18.8 Å². The summed E-state index contributed by atoms with van der Waals surface area (Å²) in [6.07, 6.45) is 1.70. The zero-order valence-corrected chi connectivity index (χ0v) is 14.6. The van der Waals surface area contributed by atoms with E-state index in [1.54, 1.807) is 24.0 Å². The Morgan fingerprint density at radius 2 is 2.08 bits per heavy atom. The number of hydrogen-bond donors (Lipinski definition) is 2. The highest BCUT2D eigenvalue weighted by Gasteiger charge is 2.42. The van der Waals surface area contributed by atoms with Crippen LogP contribution in [0.2, 0.25) is 0 Å². The number of piperidine rings is 1. The number of imide groups is 1. The molecule has 0 spiro atoms. The van der Waals surface area contributed by atoms with Crippen molar-refractivity contribution < 1.29 is 23.5 Å². The lowest BCUT2D eigenvalue weighted by Crippen LogP contribution is -2.46. The Kier molecular flexibility index (Phi) is 5.11. The van der Waals surface area contributed by atoms with Crippen LogP contribution in [0.25, 0.3) is 0 Å². The van der Waals surface area contributed by atoms with Gasteiger partial charge in [0, 0.05) is 38.4 Å². The molecule has 1 aromatic rings. The number of benzene rings is 1. The molecular weight excluding hydrogens is 341 g/mol. The van der Waals surface area contributed by atoms with E-state index in [2.05, 4.69) is 10.6 Å². The molecule has 1 unspecified atom stereocenters. The first kappa shape index (κ1) is 18.2. The highest BCUT2D eigenvalue weighted by molar-refractivity contribution is 6.06. The maximum Gasteiger partial charge on any atom is 0.322 e. The summed E-state index contributed by atoms with van der Waals surface area (Å²) in [6, 6.07) is 5.49. The minimum absolute atomic E-state index is 0.0515. The maximum absolute atomic E-state index is 13.2. The molecule has 0 radical (unpaired) electrons. The zero-order chi connectivity index (χ0) is 18.7. The number of amides is 4. The lowest BCUT2D eigenvalue weighted by molar-refractivity contribution is -0.133. The number of rotatable bonds is 5. The van der Waals surface area contributed by atoms with Crippen LogP contribution in [0.15, 0.2) is 24.3 Å². The summed E-state index contributed by atoms with van der Waals surface area (Å²) in [7, 11) is 0. The molecule has 2 N–H and O–H groups in total. The summed E-state index contributed by atoms with van der Waals surface area (Å²) in [6.45, 7) is 2.71. The van der Waals surface area contributed by atoms with Crippen molar-refractivity contribution in [3.63, 3.8) is 0 Å². The first-order valence-electron chi connectivity index (χ1n) is 8.69. The second kappa shape index (κ2) is 7.31. The van der Waals surface area contributed by atoms with Gasteiger partial charge in [0.2, 0.25) is 5.91 Å². The van der Waals surface area contributed by atoms with Crippen molar-refractivity contribution in [3.05, 3.63) is 30.1 Å². The van der Waals surface area contributed by atoms with Crippen molar-refractivity contribution in [2.75, 3.05) is 13.1 Å². The number of halogens is 1. The molecule has 26 heavy (non-hydrogen) atoms. The quantitative estimate of drug-likeness (QED) is 0.778. The Morgan fingerprint density at radius 1 is 1.35 bits per heavy atom. The van der Waals surface area contributed by atoms with Crippen molar-refractivity contribution in [2.45, 2.75) is 44.2 Å². The smallest absolute Gasteiger partial charge is 0.322 e. The van der Waals surface area contributed by atoms with Crippen LogP contribution in [0.3, 0.4) is 0 Å². The molecule has 7 nitrogen and oxygen atoms in total. The molecule has 0 bridgehead atoms. The van der Waals surface area contributed by atoms with E-state index in [1.807, 2.05) is 0 Å². The Hall–Kier alpha value is -2.64. The van der Waals surface area contributed by atoms with E-state index in [1.165, 1.54) is 12.1 Å². The van der Waals surface area contributed by atoms with E-state index in [4.69, 9.17) is 4.74 Å². The van der Waals surface area contributed by atoms with Crippen molar-refractivity contribution in [3.8, 4) is 5.75 Å². The van der Waals surface area contributed by atoms with E-state index in [0.717, 1.165) is 0 Å². The van der Waals surface area contributed by atoms with E-state index >= 15 is 0 Å². The number of likely N-dealkylation sites (tertiary alicyclic amines) is 1. The second-order valence-corrected chi connectivity index (χ2v) is 6.90. The fourth-order valence-corrected chi connectivity index (χ4v) is 3.23. The first-order chi connectivity index (χ1) is 12.4. The van der Waals surface area contributed by atoms with Crippen LogP contribution in [-0.4, -0.2) is 47.5 Å². The van der Waals surface area contributed by atoms with Crippen LogP contribution in [0.1, 0.15) is 32.6 Å². The van der Waals surface area contributed by atoms with Gasteiger partial charge in [0.1, 0.15) is 23.2 Å². The van der Waals surface area contributed by atoms with Gasteiger partial charge < -0.3 is 15.0 Å². The average Bonchev–Trinajstić information content (AvgIpc) is 2.86. The van der Waals surface area contributed by atoms with Crippen LogP contribution in [0, 0.1) is 5.82 Å². The van der Waals surface area contributed by atoms with Gasteiger partial charge in [-0.3, -0.25) is 14.9 Å². The molecule has 140 valence electrons. The van der Waals surface area contributed by atoms with Gasteiger partial charge in [-0.2, -0.15) is 0 Å². The third-order valence-corrected chi connectivity index (χ3v) is 4.85. The van der Waals surface area contributed by atoms with Crippen LogP contribution in [-0.2, 0) is 9.59 Å². The summed E-state index contributed by atoms with van der Waals surface area (Å²) in [5.41, 5.74) is -1.04. The monoisotopic (exact) mass is 363 g/mol. The van der Waals surface area contributed by atoms with Crippen LogP contribution < -0.4 is 15.4 Å². The summed E-state index contributed by atoms with van der Waals surface area (Å²) in [4.78, 5) is 37.1. The third kappa shape index (κ3) is 4.12. The highest BCUT2D eigenvalue weighted by Crippen LogP contribution is 2.22. The van der Waals surface area contributed by atoms with Crippen molar-refractivity contribution in [2.24, 2.45) is 0 Å². The molecule has 2 aliphatic rings. The Morgan fingerprint density at radius 3 is 2.69 bits per heavy atom. The normalized spacial score (nSPS) is 23.5. The fraction of sp³-hybridized carbons (Fsp3) is 0.500. The SMILES string of the molecule is CC1(CCC(=O)N2CCC(Oc3cccc(F)c3)CC2)NC(=O)NC1=O. The molecule has 3 rings (SSSR count). The average molecular weight is 363 g/mol. The summed E-state index contributed by atoms with van der Waals surface area (Å²) < 4.78 is 19.0. The van der Waals surface area contributed by atoms with Crippen molar-refractivity contribution in [1.82, 2.24) is 15.5 Å². The minimum atomic E-state index is -1.04. The molecule has 2 heterocycles. The lowest BCUT2D eigenvalue weighted by atomic mass is 9.95. The number of nitrogens with one attached hydrogen (secondary N) is 2. The summed E-state index contributed by atoms with van der Waals surface area (Å²) >= 11 is 0. The van der Waals surface area contributed by atoms with Gasteiger partial charge in [0.25, 0.3) is 5.91 Å². The number of nitrogens with zero attached hydrogens (tertiary/aromatic N) is 1. The summed E-state index contributed by atoms with van der Waals surface area (Å²) in [5.74, 6) is -0.306. The van der Waals surface area contributed by atoms with Crippen molar-refractivity contribution >= 4 is 17.8 Å². The van der Waals surface area contributed by atoms with E-state index in [-0.39, 0.29) is 30.7 Å². The fourth-order valence-electron chi connectivity index (χ4n) is 3.23. The molecular formula is C18H22FN3O4. The largest absolute Gasteiger partial charge is 0.490 e. The number of ether oxygens (including phenoxy) is 1. The predicted octanol–water partition coefficient (Wildman–Crippen LogP) is 1.57.